The zero-order chi connectivity index (χ0) is 17.0. The van der Waals surface area contributed by atoms with Crippen molar-refractivity contribution < 1.29 is 13.2 Å². The Kier molecular flexibility index (Phi) is 5.68. The molecule has 124 valence electrons. The monoisotopic (exact) mass is 353 g/mol. The molecule has 0 aliphatic carbocycles. The summed E-state index contributed by atoms with van der Waals surface area (Å²) in [5.74, 6) is 0.680. The second-order valence-corrected chi connectivity index (χ2v) is 7.50. The van der Waals surface area contributed by atoms with Gasteiger partial charge in [-0.3, -0.25) is 0 Å². The lowest BCUT2D eigenvalue weighted by Gasteiger charge is -2.12. The van der Waals surface area contributed by atoms with Crippen molar-refractivity contribution in [2.24, 2.45) is 0 Å². The fourth-order valence-corrected chi connectivity index (χ4v) is 3.64. The molecule has 1 N–H and O–H groups in total. The third-order valence-electron chi connectivity index (χ3n) is 3.46. The Morgan fingerprint density at radius 1 is 1.04 bits per heavy atom. The van der Waals surface area contributed by atoms with E-state index >= 15 is 0 Å². The van der Waals surface area contributed by atoms with Gasteiger partial charge in [0.05, 0.1) is 4.90 Å². The Morgan fingerprint density at radius 2 is 1.65 bits per heavy atom. The minimum Gasteiger partial charge on any atom is -0.492 e. The average Bonchev–Trinajstić information content (AvgIpc) is 2.49. The van der Waals surface area contributed by atoms with Crippen molar-refractivity contribution in [2.75, 3.05) is 13.2 Å². The molecular weight excluding hydrogens is 334 g/mol. The van der Waals surface area contributed by atoms with E-state index in [2.05, 4.69) is 4.72 Å². The highest BCUT2D eigenvalue weighted by molar-refractivity contribution is 7.89. The fraction of sp³-hybridized carbons (Fsp3) is 0.294. The van der Waals surface area contributed by atoms with Gasteiger partial charge < -0.3 is 4.74 Å². The number of benzene rings is 2. The van der Waals surface area contributed by atoms with E-state index in [0.717, 1.165) is 16.1 Å². The molecule has 0 saturated carbocycles. The SMILES string of the molecule is Cc1ccccc1S(=O)(=O)NCCOc1cc(C)c(Cl)c(C)c1. The second-order valence-electron chi connectivity index (χ2n) is 5.38. The number of ether oxygens (including phenoxy) is 1. The zero-order valence-corrected chi connectivity index (χ0v) is 15.0. The van der Waals surface area contributed by atoms with Crippen molar-refractivity contribution in [1.29, 1.82) is 0 Å². The average molecular weight is 354 g/mol. The van der Waals surface area contributed by atoms with Gasteiger partial charge in [0.15, 0.2) is 0 Å². The number of hydrogen-bond acceptors (Lipinski definition) is 3. The summed E-state index contributed by atoms with van der Waals surface area (Å²) in [7, 11) is -3.52. The van der Waals surface area contributed by atoms with Crippen molar-refractivity contribution in [3.05, 3.63) is 58.1 Å². The Labute approximate surface area is 142 Å². The topological polar surface area (TPSA) is 55.4 Å². The van der Waals surface area contributed by atoms with Gasteiger partial charge in [0.25, 0.3) is 0 Å². The number of halogens is 1. The predicted molar refractivity (Wildman–Crippen MR) is 92.8 cm³/mol. The van der Waals surface area contributed by atoms with Gasteiger partial charge in [-0.2, -0.15) is 0 Å². The van der Waals surface area contributed by atoms with Crippen LogP contribution >= 0.6 is 11.6 Å². The van der Waals surface area contributed by atoms with Crippen LogP contribution < -0.4 is 9.46 Å². The molecule has 0 aliphatic heterocycles. The first-order valence-corrected chi connectivity index (χ1v) is 9.12. The molecule has 0 atom stereocenters. The number of aryl methyl sites for hydroxylation is 3. The summed E-state index contributed by atoms with van der Waals surface area (Å²) in [5.41, 5.74) is 2.58. The summed E-state index contributed by atoms with van der Waals surface area (Å²) in [6, 6.07) is 10.5. The molecule has 0 bridgehead atoms. The maximum absolute atomic E-state index is 12.2. The van der Waals surface area contributed by atoms with E-state index in [1.165, 1.54) is 0 Å². The Morgan fingerprint density at radius 3 is 2.26 bits per heavy atom. The second kappa shape index (κ2) is 7.34. The molecule has 2 rings (SSSR count). The van der Waals surface area contributed by atoms with Gasteiger partial charge in [0, 0.05) is 11.6 Å². The van der Waals surface area contributed by atoms with Gasteiger partial charge in [0.1, 0.15) is 12.4 Å². The highest BCUT2D eigenvalue weighted by Crippen LogP contribution is 2.25. The van der Waals surface area contributed by atoms with Crippen LogP contribution in [0, 0.1) is 20.8 Å². The molecule has 0 heterocycles. The van der Waals surface area contributed by atoms with Crippen LogP contribution in [0.5, 0.6) is 5.75 Å². The maximum atomic E-state index is 12.2. The van der Waals surface area contributed by atoms with E-state index in [1.807, 2.05) is 32.0 Å². The van der Waals surface area contributed by atoms with Crippen LogP contribution in [0.15, 0.2) is 41.3 Å². The number of rotatable bonds is 6. The van der Waals surface area contributed by atoms with E-state index in [4.69, 9.17) is 16.3 Å². The first kappa shape index (κ1) is 17.8. The van der Waals surface area contributed by atoms with Crippen molar-refractivity contribution >= 4 is 21.6 Å². The number of hydrogen-bond donors (Lipinski definition) is 1. The van der Waals surface area contributed by atoms with Crippen molar-refractivity contribution in [1.82, 2.24) is 4.72 Å². The van der Waals surface area contributed by atoms with E-state index in [0.29, 0.717) is 11.3 Å². The lowest BCUT2D eigenvalue weighted by Crippen LogP contribution is -2.28. The maximum Gasteiger partial charge on any atom is 0.240 e. The minimum atomic E-state index is -3.52. The van der Waals surface area contributed by atoms with Gasteiger partial charge in [-0.25, -0.2) is 13.1 Å². The van der Waals surface area contributed by atoms with Gasteiger partial charge >= 0.3 is 0 Å². The van der Waals surface area contributed by atoms with Gasteiger partial charge in [0.2, 0.25) is 10.0 Å². The van der Waals surface area contributed by atoms with Crippen LogP contribution in [0.3, 0.4) is 0 Å². The Balaban J connectivity index is 1.94. The summed E-state index contributed by atoms with van der Waals surface area (Å²) in [4.78, 5) is 0.290. The van der Waals surface area contributed by atoms with Crippen LogP contribution in [0.25, 0.3) is 0 Å². The molecule has 6 heteroatoms. The van der Waals surface area contributed by atoms with E-state index in [-0.39, 0.29) is 18.0 Å². The quantitative estimate of drug-likeness (QED) is 0.807. The zero-order valence-electron chi connectivity index (χ0n) is 13.4. The predicted octanol–water partition coefficient (Wildman–Crippen LogP) is 3.62. The summed E-state index contributed by atoms with van der Waals surface area (Å²) < 4.78 is 32.6. The summed E-state index contributed by atoms with van der Waals surface area (Å²) in [6.45, 7) is 6.01. The van der Waals surface area contributed by atoms with Crippen molar-refractivity contribution in [3.63, 3.8) is 0 Å². The number of nitrogens with one attached hydrogen (secondary N) is 1. The van der Waals surface area contributed by atoms with Crippen LogP contribution in [-0.4, -0.2) is 21.6 Å². The lowest BCUT2D eigenvalue weighted by atomic mass is 10.1. The third-order valence-corrected chi connectivity index (χ3v) is 5.67. The van der Waals surface area contributed by atoms with Crippen molar-refractivity contribution in [3.8, 4) is 5.75 Å². The van der Waals surface area contributed by atoms with Crippen LogP contribution in [0.4, 0.5) is 0 Å². The fourth-order valence-electron chi connectivity index (χ4n) is 2.27. The normalized spacial score (nSPS) is 11.5. The largest absolute Gasteiger partial charge is 0.492 e. The molecule has 0 radical (unpaired) electrons. The molecule has 0 amide bonds. The Bertz CT molecular complexity index is 780. The van der Waals surface area contributed by atoms with Crippen LogP contribution in [0.1, 0.15) is 16.7 Å². The standard InChI is InChI=1S/C17H20ClNO3S/c1-12-6-4-5-7-16(12)23(20,21)19-8-9-22-15-10-13(2)17(18)14(3)11-15/h4-7,10-11,19H,8-9H2,1-3H3. The number of sulfonamides is 1. The highest BCUT2D eigenvalue weighted by atomic mass is 35.5. The van der Waals surface area contributed by atoms with Gasteiger partial charge in [-0.15, -0.1) is 0 Å². The van der Waals surface area contributed by atoms with E-state index in [9.17, 15) is 8.42 Å². The first-order chi connectivity index (χ1) is 10.8. The third kappa shape index (κ3) is 4.47. The summed E-state index contributed by atoms with van der Waals surface area (Å²) in [5, 5.41) is 0.720. The summed E-state index contributed by atoms with van der Waals surface area (Å²) >= 11 is 6.11. The van der Waals surface area contributed by atoms with Gasteiger partial charge in [-0.1, -0.05) is 29.8 Å². The molecule has 23 heavy (non-hydrogen) atoms. The smallest absolute Gasteiger partial charge is 0.240 e. The van der Waals surface area contributed by atoms with E-state index in [1.54, 1.807) is 25.1 Å². The molecule has 4 nitrogen and oxygen atoms in total. The van der Waals surface area contributed by atoms with Crippen LogP contribution in [0.2, 0.25) is 5.02 Å². The van der Waals surface area contributed by atoms with Crippen molar-refractivity contribution in [2.45, 2.75) is 25.7 Å². The summed E-state index contributed by atoms with van der Waals surface area (Å²) in [6.07, 6.45) is 0. The van der Waals surface area contributed by atoms with E-state index < -0.39 is 10.0 Å². The van der Waals surface area contributed by atoms with Crippen LogP contribution in [-0.2, 0) is 10.0 Å². The molecule has 0 saturated heterocycles. The first-order valence-electron chi connectivity index (χ1n) is 7.26. The molecule has 0 spiro atoms. The molecule has 2 aromatic rings. The molecule has 2 aromatic carbocycles. The Hall–Kier alpha value is -1.56. The molecule has 0 unspecified atom stereocenters. The molecule has 0 fully saturated rings. The molecule has 0 aliphatic rings. The molecular formula is C17H20ClNO3S. The lowest BCUT2D eigenvalue weighted by molar-refractivity contribution is 0.322. The minimum absolute atomic E-state index is 0.192. The highest BCUT2D eigenvalue weighted by Gasteiger charge is 2.15. The molecule has 0 aromatic heterocycles. The van der Waals surface area contributed by atoms with Gasteiger partial charge in [-0.05, 0) is 55.7 Å².